The lowest BCUT2D eigenvalue weighted by Crippen LogP contribution is -2.33. The van der Waals surface area contributed by atoms with Crippen LogP contribution in [0.2, 0.25) is 0 Å². The minimum Gasteiger partial charge on any atom is -0.466 e. The number of hydrogen-bond acceptors (Lipinski definition) is 5. The van der Waals surface area contributed by atoms with Crippen molar-refractivity contribution >= 4 is 29.3 Å². The Bertz CT molecular complexity index is 705. The molecule has 0 aromatic heterocycles. The molecule has 0 spiro atoms. The molecule has 0 saturated carbocycles. The van der Waals surface area contributed by atoms with E-state index < -0.39 is 24.0 Å². The molecule has 0 bridgehead atoms. The van der Waals surface area contributed by atoms with Crippen LogP contribution < -0.4 is 9.80 Å². The van der Waals surface area contributed by atoms with Gasteiger partial charge in [0, 0.05) is 13.5 Å². The molecule has 2 amide bonds. The van der Waals surface area contributed by atoms with Crippen molar-refractivity contribution in [2.45, 2.75) is 18.9 Å². The maximum absolute atomic E-state index is 14.4. The number of carbonyl (C=O) groups is 3. The van der Waals surface area contributed by atoms with Crippen LogP contribution in [0.25, 0.3) is 0 Å². The van der Waals surface area contributed by atoms with Crippen LogP contribution in [0.15, 0.2) is 12.1 Å². The van der Waals surface area contributed by atoms with Gasteiger partial charge in [-0.25, -0.2) is 14.0 Å². The number of anilines is 2. The lowest BCUT2D eigenvalue weighted by molar-refractivity contribution is -0.148. The highest BCUT2D eigenvalue weighted by Crippen LogP contribution is 2.35. The molecule has 1 fully saturated rings. The van der Waals surface area contributed by atoms with Crippen molar-refractivity contribution in [3.8, 4) is 0 Å². The van der Waals surface area contributed by atoms with E-state index in [4.69, 9.17) is 4.74 Å². The van der Waals surface area contributed by atoms with Crippen molar-refractivity contribution in [1.29, 1.82) is 0 Å². The molecule has 0 radical (unpaired) electrons. The summed E-state index contributed by atoms with van der Waals surface area (Å²) < 4.78 is 23.9. The van der Waals surface area contributed by atoms with E-state index in [0.717, 1.165) is 6.07 Å². The largest absolute Gasteiger partial charge is 0.466 e. The van der Waals surface area contributed by atoms with Crippen LogP contribution in [0.5, 0.6) is 0 Å². The van der Waals surface area contributed by atoms with E-state index >= 15 is 0 Å². The van der Waals surface area contributed by atoms with Crippen LogP contribution >= 0.6 is 0 Å². The molecule has 3 rings (SSSR count). The lowest BCUT2D eigenvalue weighted by atomic mass is 10.00. The smallest absolute Gasteiger partial charge is 0.415 e. The molecule has 2 heterocycles. The van der Waals surface area contributed by atoms with Crippen molar-refractivity contribution in [1.82, 2.24) is 0 Å². The Morgan fingerprint density at radius 2 is 2.09 bits per heavy atom. The molecule has 0 N–H and O–H groups in total. The minimum atomic E-state index is -1.03. The van der Waals surface area contributed by atoms with Crippen LogP contribution in [0.1, 0.15) is 12.0 Å². The molecule has 1 saturated heterocycles. The van der Waals surface area contributed by atoms with Crippen molar-refractivity contribution in [3.05, 3.63) is 23.5 Å². The van der Waals surface area contributed by atoms with Crippen LogP contribution in [-0.2, 0) is 25.5 Å². The Kier molecular flexibility index (Phi) is 3.67. The van der Waals surface area contributed by atoms with Crippen molar-refractivity contribution in [3.63, 3.8) is 0 Å². The molecule has 7 nitrogen and oxygen atoms in total. The first-order chi connectivity index (χ1) is 10.9. The van der Waals surface area contributed by atoms with E-state index in [2.05, 4.69) is 4.74 Å². The van der Waals surface area contributed by atoms with Crippen molar-refractivity contribution in [2.75, 3.05) is 30.5 Å². The number of amides is 2. The molecule has 1 atom stereocenters. The van der Waals surface area contributed by atoms with Gasteiger partial charge in [0.15, 0.2) is 0 Å². The van der Waals surface area contributed by atoms with Gasteiger partial charge in [-0.3, -0.25) is 9.69 Å². The molecule has 2 aliphatic heterocycles. The third-order valence-electron chi connectivity index (χ3n) is 4.03. The Balaban J connectivity index is 1.93. The number of benzene rings is 1. The monoisotopic (exact) mass is 322 g/mol. The molecule has 1 aromatic rings. The number of aryl methyl sites for hydroxylation is 1. The van der Waals surface area contributed by atoms with Crippen molar-refractivity contribution in [2.24, 2.45) is 0 Å². The molecule has 1 unspecified atom stereocenters. The van der Waals surface area contributed by atoms with E-state index in [0.29, 0.717) is 17.7 Å². The molecule has 1 aromatic carbocycles. The molecular weight excluding hydrogens is 307 g/mol. The van der Waals surface area contributed by atoms with Gasteiger partial charge in [0.25, 0.3) is 0 Å². The highest BCUT2D eigenvalue weighted by molar-refractivity contribution is 5.98. The Morgan fingerprint density at radius 1 is 1.35 bits per heavy atom. The topological polar surface area (TPSA) is 76.2 Å². The number of hydrogen-bond donors (Lipinski definition) is 0. The van der Waals surface area contributed by atoms with Crippen LogP contribution in [0, 0.1) is 5.82 Å². The fourth-order valence-corrected chi connectivity index (χ4v) is 2.82. The van der Waals surface area contributed by atoms with Crippen LogP contribution in [0.3, 0.4) is 0 Å². The summed E-state index contributed by atoms with van der Waals surface area (Å²) in [5, 5.41) is 0. The summed E-state index contributed by atoms with van der Waals surface area (Å²) in [4.78, 5) is 37.5. The van der Waals surface area contributed by atoms with Gasteiger partial charge in [0.1, 0.15) is 5.82 Å². The second-order valence-electron chi connectivity index (χ2n) is 5.39. The maximum atomic E-state index is 14.4. The Labute approximate surface area is 131 Å². The number of halogens is 1. The SMILES string of the molecule is COC(=O)C1CN(c2cc(F)c3c(c2)CCC(=O)N3C)C(=O)O1. The number of nitrogens with zero attached hydrogens (tertiary/aromatic N) is 2. The summed E-state index contributed by atoms with van der Waals surface area (Å²) in [6, 6.07) is 2.80. The Hall–Kier alpha value is -2.64. The standard InChI is InChI=1S/C15H15FN2O5/c1-17-12(19)4-3-8-5-9(6-10(16)13(8)17)18-7-11(14(20)22-2)23-15(18)21/h5-6,11H,3-4,7H2,1-2H3. The normalized spacial score (nSPS) is 20.4. The van der Waals surface area contributed by atoms with Gasteiger partial charge in [-0.05, 0) is 24.1 Å². The van der Waals surface area contributed by atoms with Gasteiger partial charge in [0.2, 0.25) is 12.0 Å². The average Bonchev–Trinajstić information content (AvgIpc) is 2.91. The van der Waals surface area contributed by atoms with Gasteiger partial charge < -0.3 is 14.4 Å². The highest BCUT2D eigenvalue weighted by Gasteiger charge is 2.38. The highest BCUT2D eigenvalue weighted by atomic mass is 19.1. The summed E-state index contributed by atoms with van der Waals surface area (Å²) in [7, 11) is 2.71. The first-order valence-corrected chi connectivity index (χ1v) is 7.07. The molecule has 23 heavy (non-hydrogen) atoms. The molecule has 2 aliphatic rings. The van der Waals surface area contributed by atoms with Gasteiger partial charge in [-0.2, -0.15) is 0 Å². The predicted molar refractivity (Wildman–Crippen MR) is 77.8 cm³/mol. The van der Waals surface area contributed by atoms with E-state index in [1.807, 2.05) is 0 Å². The number of cyclic esters (lactones) is 1. The van der Waals surface area contributed by atoms with Crippen molar-refractivity contribution < 1.29 is 28.2 Å². The van der Waals surface area contributed by atoms with Gasteiger partial charge in [-0.1, -0.05) is 0 Å². The predicted octanol–water partition coefficient (Wildman–Crippen LogP) is 1.23. The summed E-state index contributed by atoms with van der Waals surface area (Å²) in [5.74, 6) is -1.41. The van der Waals surface area contributed by atoms with Crippen LogP contribution in [-0.4, -0.2) is 44.8 Å². The average molecular weight is 322 g/mol. The minimum absolute atomic E-state index is 0.0432. The van der Waals surface area contributed by atoms with Gasteiger partial charge in [0.05, 0.1) is 25.0 Å². The van der Waals surface area contributed by atoms with E-state index in [1.165, 1.54) is 24.0 Å². The number of carbonyl (C=O) groups excluding carboxylic acids is 3. The van der Waals surface area contributed by atoms with Gasteiger partial charge in [-0.15, -0.1) is 0 Å². The molecular formula is C15H15FN2O5. The van der Waals surface area contributed by atoms with E-state index in [9.17, 15) is 18.8 Å². The third-order valence-corrected chi connectivity index (χ3v) is 4.03. The number of esters is 1. The summed E-state index contributed by atoms with van der Waals surface area (Å²) in [6.07, 6.45) is -1.09. The first-order valence-electron chi connectivity index (χ1n) is 7.07. The fraction of sp³-hybridized carbons (Fsp3) is 0.400. The number of rotatable bonds is 2. The summed E-state index contributed by atoms with van der Waals surface area (Å²) in [6.45, 7) is -0.0432. The second-order valence-corrected chi connectivity index (χ2v) is 5.39. The van der Waals surface area contributed by atoms with E-state index in [-0.39, 0.29) is 24.6 Å². The molecule has 8 heteroatoms. The Morgan fingerprint density at radius 3 is 2.78 bits per heavy atom. The maximum Gasteiger partial charge on any atom is 0.415 e. The zero-order chi connectivity index (χ0) is 16.7. The summed E-state index contributed by atoms with van der Waals surface area (Å²) in [5.41, 5.74) is 1.15. The first kappa shape index (κ1) is 15.3. The third kappa shape index (κ3) is 2.49. The van der Waals surface area contributed by atoms with E-state index in [1.54, 1.807) is 6.07 Å². The fourth-order valence-electron chi connectivity index (χ4n) is 2.82. The molecule has 122 valence electrons. The molecule has 0 aliphatic carbocycles. The summed E-state index contributed by atoms with van der Waals surface area (Å²) >= 11 is 0. The van der Waals surface area contributed by atoms with Crippen LogP contribution in [0.4, 0.5) is 20.6 Å². The zero-order valence-electron chi connectivity index (χ0n) is 12.7. The quantitative estimate of drug-likeness (QED) is 0.766. The number of methoxy groups -OCH3 is 1. The number of fused-ring (bicyclic) bond motifs is 1. The number of ether oxygens (including phenoxy) is 2. The van der Waals surface area contributed by atoms with Gasteiger partial charge >= 0.3 is 12.1 Å². The lowest BCUT2D eigenvalue weighted by Gasteiger charge is -2.27. The zero-order valence-corrected chi connectivity index (χ0v) is 12.7. The second kappa shape index (κ2) is 5.53.